The molecule has 1 unspecified atom stereocenters. The molecule has 0 saturated heterocycles. The van der Waals surface area contributed by atoms with Crippen LogP contribution in [0.4, 0.5) is 0 Å². The minimum absolute atomic E-state index is 0.614. The lowest BCUT2D eigenvalue weighted by Gasteiger charge is -2.31. The maximum Gasteiger partial charge on any atom is 0.0255 e. The third-order valence-electron chi connectivity index (χ3n) is 2.84. The normalized spacial score (nSPS) is 26.0. The summed E-state index contributed by atoms with van der Waals surface area (Å²) >= 11 is 0. The van der Waals surface area contributed by atoms with Crippen LogP contribution in [0.25, 0.3) is 0 Å². The van der Waals surface area contributed by atoms with Gasteiger partial charge in [-0.3, -0.25) is 4.90 Å². The zero-order valence-electron chi connectivity index (χ0n) is 9.30. The highest BCUT2D eigenvalue weighted by atomic mass is 15.1. The van der Waals surface area contributed by atoms with E-state index in [1.54, 1.807) is 5.57 Å². The molecule has 0 bridgehead atoms. The average Bonchev–Trinajstić information content (AvgIpc) is 2.09. The zero-order valence-corrected chi connectivity index (χ0v) is 9.30. The first kappa shape index (κ1) is 10.5. The first-order chi connectivity index (χ1) is 6.13. The standard InChI is InChI=1S/C12H21N/c1-5-10(2)9-13-7-6-11(3)8-12(13)4/h5,8,12H,6-7,9H2,1-4H3/b10-5-. The summed E-state index contributed by atoms with van der Waals surface area (Å²) in [6.45, 7) is 11.2. The highest BCUT2D eigenvalue weighted by Gasteiger charge is 2.15. The molecule has 0 spiro atoms. The van der Waals surface area contributed by atoms with Gasteiger partial charge in [0, 0.05) is 19.1 Å². The molecule has 1 aliphatic rings. The van der Waals surface area contributed by atoms with E-state index < -0.39 is 0 Å². The summed E-state index contributed by atoms with van der Waals surface area (Å²) in [5.41, 5.74) is 3.02. The SMILES string of the molecule is C/C=C(/C)CN1CCC(C)=CC1C. The molecule has 1 aliphatic heterocycles. The predicted molar refractivity (Wildman–Crippen MR) is 58.8 cm³/mol. The van der Waals surface area contributed by atoms with Crippen molar-refractivity contribution in [1.82, 2.24) is 4.90 Å². The minimum atomic E-state index is 0.614. The van der Waals surface area contributed by atoms with Gasteiger partial charge in [0.1, 0.15) is 0 Å². The third-order valence-corrected chi connectivity index (χ3v) is 2.84. The fourth-order valence-corrected chi connectivity index (χ4v) is 1.76. The van der Waals surface area contributed by atoms with Crippen LogP contribution in [0.1, 0.15) is 34.1 Å². The van der Waals surface area contributed by atoms with Crippen molar-refractivity contribution in [2.24, 2.45) is 0 Å². The van der Waals surface area contributed by atoms with Crippen LogP contribution in [0.3, 0.4) is 0 Å². The Labute approximate surface area is 82.1 Å². The summed E-state index contributed by atoms with van der Waals surface area (Å²) in [5, 5.41) is 0. The molecule has 0 saturated carbocycles. The number of rotatable bonds is 2. The summed E-state index contributed by atoms with van der Waals surface area (Å²) < 4.78 is 0. The van der Waals surface area contributed by atoms with Crippen molar-refractivity contribution >= 4 is 0 Å². The van der Waals surface area contributed by atoms with Gasteiger partial charge in [-0.1, -0.05) is 23.3 Å². The summed E-state index contributed by atoms with van der Waals surface area (Å²) in [7, 11) is 0. The molecule has 1 heteroatoms. The van der Waals surface area contributed by atoms with E-state index in [0.717, 1.165) is 6.54 Å². The van der Waals surface area contributed by atoms with E-state index in [1.165, 1.54) is 18.5 Å². The van der Waals surface area contributed by atoms with Gasteiger partial charge >= 0.3 is 0 Å². The monoisotopic (exact) mass is 179 g/mol. The van der Waals surface area contributed by atoms with Gasteiger partial charge in [-0.25, -0.2) is 0 Å². The lowest BCUT2D eigenvalue weighted by Crippen LogP contribution is -2.36. The molecule has 0 aliphatic carbocycles. The van der Waals surface area contributed by atoms with Crippen LogP contribution in [0.2, 0.25) is 0 Å². The fourth-order valence-electron chi connectivity index (χ4n) is 1.76. The van der Waals surface area contributed by atoms with Gasteiger partial charge in [-0.05, 0) is 34.1 Å². The Morgan fingerprint density at radius 3 is 2.92 bits per heavy atom. The second-order valence-corrected chi connectivity index (χ2v) is 4.11. The Balaban J connectivity index is 2.54. The Morgan fingerprint density at radius 1 is 1.69 bits per heavy atom. The number of hydrogen-bond donors (Lipinski definition) is 0. The number of nitrogens with zero attached hydrogens (tertiary/aromatic N) is 1. The van der Waals surface area contributed by atoms with Crippen LogP contribution in [0.5, 0.6) is 0 Å². The molecule has 13 heavy (non-hydrogen) atoms. The number of hydrogen-bond acceptors (Lipinski definition) is 1. The van der Waals surface area contributed by atoms with Gasteiger partial charge in [0.25, 0.3) is 0 Å². The van der Waals surface area contributed by atoms with E-state index in [2.05, 4.69) is 44.7 Å². The van der Waals surface area contributed by atoms with Gasteiger partial charge < -0.3 is 0 Å². The van der Waals surface area contributed by atoms with Crippen LogP contribution in [-0.2, 0) is 0 Å². The van der Waals surface area contributed by atoms with Gasteiger partial charge in [-0.2, -0.15) is 0 Å². The molecule has 1 nitrogen and oxygen atoms in total. The molecule has 0 fully saturated rings. The largest absolute Gasteiger partial charge is 0.293 e. The first-order valence-electron chi connectivity index (χ1n) is 5.16. The molecule has 0 aromatic carbocycles. The molecule has 0 radical (unpaired) electrons. The molecular formula is C12H21N. The van der Waals surface area contributed by atoms with Crippen molar-refractivity contribution in [2.75, 3.05) is 13.1 Å². The van der Waals surface area contributed by atoms with Gasteiger partial charge in [-0.15, -0.1) is 0 Å². The van der Waals surface area contributed by atoms with Crippen LogP contribution in [-0.4, -0.2) is 24.0 Å². The van der Waals surface area contributed by atoms with E-state index in [9.17, 15) is 0 Å². The van der Waals surface area contributed by atoms with Gasteiger partial charge in [0.15, 0.2) is 0 Å². The van der Waals surface area contributed by atoms with Crippen molar-refractivity contribution in [3.8, 4) is 0 Å². The van der Waals surface area contributed by atoms with E-state index in [0.29, 0.717) is 6.04 Å². The molecule has 0 aromatic rings. The summed E-state index contributed by atoms with van der Waals surface area (Å²) in [4.78, 5) is 2.53. The maximum atomic E-state index is 2.53. The van der Waals surface area contributed by atoms with Crippen LogP contribution >= 0.6 is 0 Å². The van der Waals surface area contributed by atoms with Crippen molar-refractivity contribution in [2.45, 2.75) is 40.2 Å². The van der Waals surface area contributed by atoms with Crippen LogP contribution in [0, 0.1) is 0 Å². The second kappa shape index (κ2) is 4.61. The molecule has 1 rings (SSSR count). The molecular weight excluding hydrogens is 158 g/mol. The van der Waals surface area contributed by atoms with Crippen molar-refractivity contribution in [3.05, 3.63) is 23.3 Å². The lowest BCUT2D eigenvalue weighted by molar-refractivity contribution is 0.251. The highest BCUT2D eigenvalue weighted by molar-refractivity contribution is 5.10. The molecule has 1 heterocycles. The smallest absolute Gasteiger partial charge is 0.0255 e. The Bertz CT molecular complexity index is 225. The topological polar surface area (TPSA) is 3.24 Å². The quantitative estimate of drug-likeness (QED) is 0.589. The van der Waals surface area contributed by atoms with Crippen molar-refractivity contribution in [3.63, 3.8) is 0 Å². The van der Waals surface area contributed by atoms with Crippen LogP contribution < -0.4 is 0 Å². The molecule has 1 atom stereocenters. The predicted octanol–water partition coefficient (Wildman–Crippen LogP) is 2.99. The summed E-state index contributed by atoms with van der Waals surface area (Å²) in [6.07, 6.45) is 5.83. The minimum Gasteiger partial charge on any atom is -0.293 e. The average molecular weight is 179 g/mol. The van der Waals surface area contributed by atoms with E-state index in [4.69, 9.17) is 0 Å². The molecule has 0 amide bonds. The van der Waals surface area contributed by atoms with E-state index in [1.807, 2.05) is 0 Å². The number of allylic oxidation sites excluding steroid dienone is 1. The highest BCUT2D eigenvalue weighted by Crippen LogP contribution is 2.16. The maximum absolute atomic E-state index is 2.53. The van der Waals surface area contributed by atoms with Crippen LogP contribution in [0.15, 0.2) is 23.3 Å². The summed E-state index contributed by atoms with van der Waals surface area (Å²) in [5.74, 6) is 0. The van der Waals surface area contributed by atoms with Gasteiger partial charge in [0.05, 0.1) is 0 Å². The zero-order chi connectivity index (χ0) is 9.84. The first-order valence-corrected chi connectivity index (χ1v) is 5.16. The summed E-state index contributed by atoms with van der Waals surface area (Å²) in [6, 6.07) is 0.614. The molecule has 0 aromatic heterocycles. The molecule has 74 valence electrons. The van der Waals surface area contributed by atoms with Gasteiger partial charge in [0.2, 0.25) is 0 Å². The lowest BCUT2D eigenvalue weighted by atomic mass is 10.0. The third kappa shape index (κ3) is 3.00. The van der Waals surface area contributed by atoms with E-state index >= 15 is 0 Å². The Morgan fingerprint density at radius 2 is 2.38 bits per heavy atom. The van der Waals surface area contributed by atoms with Crippen molar-refractivity contribution in [1.29, 1.82) is 0 Å². The Kier molecular flexibility index (Phi) is 3.73. The Hall–Kier alpha value is -0.560. The van der Waals surface area contributed by atoms with Crippen molar-refractivity contribution < 1.29 is 0 Å². The molecule has 0 N–H and O–H groups in total. The second-order valence-electron chi connectivity index (χ2n) is 4.11. The van der Waals surface area contributed by atoms with E-state index in [-0.39, 0.29) is 0 Å². The fraction of sp³-hybridized carbons (Fsp3) is 0.667.